The molecule has 0 aliphatic heterocycles. The molecule has 1 fully saturated rings. The molecule has 5 heteroatoms. The summed E-state index contributed by atoms with van der Waals surface area (Å²) in [5, 5.41) is 3.20. The first-order valence-corrected chi connectivity index (χ1v) is 8.88. The Morgan fingerprint density at radius 1 is 1.12 bits per heavy atom. The SMILES string of the molecule is CNc1nc(N(Cc2ccccn2)C2CCCCC2)nc(C)c1C. The minimum absolute atomic E-state index is 0.493. The highest BCUT2D eigenvalue weighted by Crippen LogP contribution is 2.28. The van der Waals surface area contributed by atoms with Crippen molar-refractivity contribution in [2.45, 2.75) is 58.5 Å². The Kier molecular flexibility index (Phi) is 5.28. The van der Waals surface area contributed by atoms with Crippen LogP contribution in [0.2, 0.25) is 0 Å². The fourth-order valence-corrected chi connectivity index (χ4v) is 3.41. The zero-order valence-corrected chi connectivity index (χ0v) is 14.9. The number of nitrogens with one attached hydrogen (secondary N) is 1. The molecule has 0 unspecified atom stereocenters. The summed E-state index contributed by atoms with van der Waals surface area (Å²) in [7, 11) is 1.92. The molecule has 0 aromatic carbocycles. The van der Waals surface area contributed by atoms with E-state index in [0.717, 1.165) is 35.3 Å². The van der Waals surface area contributed by atoms with E-state index in [1.54, 1.807) is 0 Å². The first-order valence-electron chi connectivity index (χ1n) is 8.88. The summed E-state index contributed by atoms with van der Waals surface area (Å²) in [6.07, 6.45) is 8.17. The Labute approximate surface area is 144 Å². The van der Waals surface area contributed by atoms with Crippen LogP contribution in [-0.2, 0) is 6.54 Å². The van der Waals surface area contributed by atoms with Crippen LogP contribution in [0.1, 0.15) is 49.1 Å². The monoisotopic (exact) mass is 325 g/mol. The Balaban J connectivity index is 1.95. The van der Waals surface area contributed by atoms with Crippen molar-refractivity contribution in [3.05, 3.63) is 41.3 Å². The van der Waals surface area contributed by atoms with Gasteiger partial charge in [0, 0.05) is 30.5 Å². The Morgan fingerprint density at radius 3 is 2.58 bits per heavy atom. The summed E-state index contributed by atoms with van der Waals surface area (Å²) < 4.78 is 0. The van der Waals surface area contributed by atoms with Gasteiger partial charge < -0.3 is 10.2 Å². The van der Waals surface area contributed by atoms with Crippen molar-refractivity contribution in [2.24, 2.45) is 0 Å². The standard InChI is InChI=1S/C19H27N5/c1-14-15(2)22-19(23-18(14)20-3)24(17-10-5-4-6-11-17)13-16-9-7-8-12-21-16/h7-9,12,17H,4-6,10-11,13H2,1-3H3,(H,20,22,23). The lowest BCUT2D eigenvalue weighted by Crippen LogP contribution is -2.38. The lowest BCUT2D eigenvalue weighted by Gasteiger charge is -2.34. The van der Waals surface area contributed by atoms with Crippen LogP contribution in [-0.4, -0.2) is 28.0 Å². The molecule has 5 nitrogen and oxygen atoms in total. The summed E-state index contributed by atoms with van der Waals surface area (Å²) in [6.45, 7) is 4.88. The van der Waals surface area contributed by atoms with Gasteiger partial charge in [-0.15, -0.1) is 0 Å². The van der Waals surface area contributed by atoms with Crippen LogP contribution in [0.3, 0.4) is 0 Å². The average molecular weight is 325 g/mol. The molecule has 0 atom stereocenters. The molecular weight excluding hydrogens is 298 g/mol. The molecule has 3 rings (SSSR count). The van der Waals surface area contributed by atoms with Crippen LogP contribution in [0, 0.1) is 13.8 Å². The molecule has 24 heavy (non-hydrogen) atoms. The maximum atomic E-state index is 4.80. The maximum Gasteiger partial charge on any atom is 0.228 e. The Bertz CT molecular complexity index is 665. The summed E-state index contributed by atoms with van der Waals surface area (Å²) >= 11 is 0. The smallest absolute Gasteiger partial charge is 0.228 e. The largest absolute Gasteiger partial charge is 0.373 e. The summed E-state index contributed by atoms with van der Waals surface area (Å²) in [4.78, 5) is 16.5. The van der Waals surface area contributed by atoms with E-state index in [0.29, 0.717) is 6.04 Å². The lowest BCUT2D eigenvalue weighted by molar-refractivity contribution is 0.407. The number of nitrogens with zero attached hydrogens (tertiary/aromatic N) is 4. The highest BCUT2D eigenvalue weighted by molar-refractivity contribution is 5.50. The fourth-order valence-electron chi connectivity index (χ4n) is 3.41. The fraction of sp³-hybridized carbons (Fsp3) is 0.526. The van der Waals surface area contributed by atoms with Gasteiger partial charge in [0.2, 0.25) is 5.95 Å². The molecule has 2 heterocycles. The topological polar surface area (TPSA) is 53.9 Å². The van der Waals surface area contributed by atoms with E-state index in [4.69, 9.17) is 9.97 Å². The molecule has 0 radical (unpaired) electrons. The molecule has 1 N–H and O–H groups in total. The predicted octanol–water partition coefficient (Wildman–Crippen LogP) is 3.87. The van der Waals surface area contributed by atoms with E-state index in [9.17, 15) is 0 Å². The van der Waals surface area contributed by atoms with Crippen molar-refractivity contribution in [2.75, 3.05) is 17.3 Å². The predicted molar refractivity (Wildman–Crippen MR) is 98.3 cm³/mol. The first kappa shape index (κ1) is 16.7. The average Bonchev–Trinajstić information content (AvgIpc) is 2.63. The third-order valence-electron chi connectivity index (χ3n) is 4.95. The number of aromatic nitrogens is 3. The number of anilines is 2. The maximum absolute atomic E-state index is 4.80. The van der Waals surface area contributed by atoms with Gasteiger partial charge in [-0.2, -0.15) is 4.98 Å². The van der Waals surface area contributed by atoms with Crippen LogP contribution < -0.4 is 10.2 Å². The van der Waals surface area contributed by atoms with Crippen molar-refractivity contribution in [1.29, 1.82) is 0 Å². The minimum Gasteiger partial charge on any atom is -0.373 e. The van der Waals surface area contributed by atoms with Gasteiger partial charge in [-0.25, -0.2) is 4.98 Å². The molecule has 0 amide bonds. The molecule has 0 bridgehead atoms. The molecular formula is C19H27N5. The number of rotatable bonds is 5. The normalized spacial score (nSPS) is 15.3. The molecule has 128 valence electrons. The van der Waals surface area contributed by atoms with Crippen LogP contribution in [0.4, 0.5) is 11.8 Å². The second kappa shape index (κ2) is 7.60. The molecule has 0 saturated heterocycles. The van der Waals surface area contributed by atoms with Crippen molar-refractivity contribution in [3.63, 3.8) is 0 Å². The first-order chi connectivity index (χ1) is 11.7. The van der Waals surface area contributed by atoms with Gasteiger partial charge in [0.15, 0.2) is 0 Å². The minimum atomic E-state index is 0.493. The van der Waals surface area contributed by atoms with Crippen LogP contribution >= 0.6 is 0 Å². The third-order valence-corrected chi connectivity index (χ3v) is 4.95. The van der Waals surface area contributed by atoms with Gasteiger partial charge >= 0.3 is 0 Å². The molecule has 1 aliphatic rings. The van der Waals surface area contributed by atoms with Crippen molar-refractivity contribution >= 4 is 11.8 Å². The van der Waals surface area contributed by atoms with Gasteiger partial charge in [0.1, 0.15) is 5.82 Å². The summed E-state index contributed by atoms with van der Waals surface area (Å²) in [5.41, 5.74) is 3.21. The summed E-state index contributed by atoms with van der Waals surface area (Å²) in [5.74, 6) is 1.74. The number of pyridine rings is 1. The highest BCUT2D eigenvalue weighted by atomic mass is 15.3. The molecule has 2 aromatic rings. The highest BCUT2D eigenvalue weighted by Gasteiger charge is 2.25. The molecule has 2 aromatic heterocycles. The number of aryl methyl sites for hydroxylation is 1. The Hall–Kier alpha value is -2.17. The van der Waals surface area contributed by atoms with E-state index >= 15 is 0 Å². The molecule has 1 saturated carbocycles. The van der Waals surface area contributed by atoms with Gasteiger partial charge in [-0.3, -0.25) is 4.98 Å². The quantitative estimate of drug-likeness (QED) is 0.904. The summed E-state index contributed by atoms with van der Waals surface area (Å²) in [6, 6.07) is 6.57. The van der Waals surface area contributed by atoms with Crippen molar-refractivity contribution in [3.8, 4) is 0 Å². The van der Waals surface area contributed by atoms with Gasteiger partial charge in [-0.1, -0.05) is 25.3 Å². The van der Waals surface area contributed by atoms with E-state index in [1.807, 2.05) is 25.4 Å². The van der Waals surface area contributed by atoms with E-state index in [2.05, 4.69) is 35.1 Å². The van der Waals surface area contributed by atoms with Gasteiger partial charge in [0.25, 0.3) is 0 Å². The van der Waals surface area contributed by atoms with E-state index < -0.39 is 0 Å². The molecule has 0 spiro atoms. The van der Waals surface area contributed by atoms with Crippen LogP contribution in [0.15, 0.2) is 24.4 Å². The zero-order valence-electron chi connectivity index (χ0n) is 14.9. The molecule has 1 aliphatic carbocycles. The lowest BCUT2D eigenvalue weighted by atomic mass is 9.94. The van der Waals surface area contributed by atoms with Crippen LogP contribution in [0.25, 0.3) is 0 Å². The van der Waals surface area contributed by atoms with Gasteiger partial charge in [-0.05, 0) is 38.8 Å². The third kappa shape index (κ3) is 3.66. The number of hydrogen-bond acceptors (Lipinski definition) is 5. The van der Waals surface area contributed by atoms with Crippen molar-refractivity contribution in [1.82, 2.24) is 15.0 Å². The van der Waals surface area contributed by atoms with Gasteiger partial charge in [0.05, 0.1) is 12.2 Å². The Morgan fingerprint density at radius 2 is 1.92 bits per heavy atom. The second-order valence-electron chi connectivity index (χ2n) is 6.57. The van der Waals surface area contributed by atoms with E-state index in [-0.39, 0.29) is 0 Å². The van der Waals surface area contributed by atoms with Crippen LogP contribution in [0.5, 0.6) is 0 Å². The van der Waals surface area contributed by atoms with Crippen molar-refractivity contribution < 1.29 is 0 Å². The number of hydrogen-bond donors (Lipinski definition) is 1. The second-order valence-corrected chi connectivity index (χ2v) is 6.57. The van der Waals surface area contributed by atoms with E-state index in [1.165, 1.54) is 32.1 Å². The zero-order chi connectivity index (χ0) is 16.9.